The summed E-state index contributed by atoms with van der Waals surface area (Å²) in [4.78, 5) is 0. The van der Waals surface area contributed by atoms with Crippen LogP contribution in [0.5, 0.6) is 5.75 Å². The number of rotatable bonds is 2. The van der Waals surface area contributed by atoms with E-state index in [4.69, 9.17) is 4.74 Å². The fourth-order valence-electron chi connectivity index (χ4n) is 2.59. The van der Waals surface area contributed by atoms with E-state index in [1.807, 2.05) is 6.07 Å². The van der Waals surface area contributed by atoms with Crippen molar-refractivity contribution in [2.24, 2.45) is 5.41 Å². The second-order valence-corrected chi connectivity index (χ2v) is 6.38. The molecule has 2 rings (SSSR count). The van der Waals surface area contributed by atoms with Crippen molar-refractivity contribution in [1.29, 1.82) is 0 Å². The number of aliphatic hydroxyl groups excluding tert-OH is 1. The molecule has 18 heavy (non-hydrogen) atoms. The molecule has 0 heterocycles. The third-order valence-electron chi connectivity index (χ3n) is 4.07. The van der Waals surface area contributed by atoms with Crippen molar-refractivity contribution in [2.45, 2.75) is 59.2 Å². The van der Waals surface area contributed by atoms with Gasteiger partial charge in [-0.1, -0.05) is 19.9 Å². The zero-order chi connectivity index (χ0) is 13.3. The van der Waals surface area contributed by atoms with Crippen molar-refractivity contribution in [3.8, 4) is 5.75 Å². The SMILES string of the molecule is Cc1ccc(OC2CC(C)(C)CCC2O)cc1C. The maximum atomic E-state index is 10.1. The lowest BCUT2D eigenvalue weighted by Gasteiger charge is -2.38. The summed E-state index contributed by atoms with van der Waals surface area (Å²) in [7, 11) is 0. The molecule has 2 unspecified atom stereocenters. The zero-order valence-electron chi connectivity index (χ0n) is 11.9. The quantitative estimate of drug-likeness (QED) is 0.866. The average molecular weight is 248 g/mol. The normalized spacial score (nSPS) is 26.9. The molecule has 1 saturated carbocycles. The van der Waals surface area contributed by atoms with Crippen molar-refractivity contribution in [3.63, 3.8) is 0 Å². The van der Waals surface area contributed by atoms with E-state index in [1.54, 1.807) is 0 Å². The minimum atomic E-state index is -0.334. The predicted molar refractivity (Wildman–Crippen MR) is 74.0 cm³/mol. The molecule has 100 valence electrons. The summed E-state index contributed by atoms with van der Waals surface area (Å²) < 4.78 is 5.99. The minimum Gasteiger partial charge on any atom is -0.488 e. The Bertz CT molecular complexity index is 423. The van der Waals surface area contributed by atoms with Crippen LogP contribution in [0.4, 0.5) is 0 Å². The van der Waals surface area contributed by atoms with Crippen LogP contribution in [0, 0.1) is 19.3 Å². The van der Waals surface area contributed by atoms with E-state index in [0.29, 0.717) is 0 Å². The van der Waals surface area contributed by atoms with Crippen LogP contribution in [0.3, 0.4) is 0 Å². The molecule has 0 spiro atoms. The van der Waals surface area contributed by atoms with Gasteiger partial charge in [0.05, 0.1) is 6.10 Å². The van der Waals surface area contributed by atoms with Gasteiger partial charge in [-0.05, 0) is 61.8 Å². The molecule has 2 heteroatoms. The fourth-order valence-corrected chi connectivity index (χ4v) is 2.59. The summed E-state index contributed by atoms with van der Waals surface area (Å²) in [5.74, 6) is 0.875. The first kappa shape index (κ1) is 13.4. The van der Waals surface area contributed by atoms with Gasteiger partial charge in [0, 0.05) is 0 Å². The standard InChI is InChI=1S/C16H24O2/c1-11-5-6-13(9-12(11)2)18-15-10-16(3,4)8-7-14(15)17/h5-6,9,14-15,17H,7-8,10H2,1-4H3. The summed E-state index contributed by atoms with van der Waals surface area (Å²) in [6.45, 7) is 8.67. The first-order valence-corrected chi connectivity index (χ1v) is 6.79. The summed E-state index contributed by atoms with van der Waals surface area (Å²) in [5.41, 5.74) is 2.77. The van der Waals surface area contributed by atoms with Gasteiger partial charge in [-0.2, -0.15) is 0 Å². The number of hydrogen-bond acceptors (Lipinski definition) is 2. The van der Waals surface area contributed by atoms with Crippen LogP contribution in [0.2, 0.25) is 0 Å². The highest BCUT2D eigenvalue weighted by atomic mass is 16.5. The molecule has 0 aliphatic heterocycles. The smallest absolute Gasteiger partial charge is 0.125 e. The fraction of sp³-hybridized carbons (Fsp3) is 0.625. The molecule has 1 aliphatic rings. The van der Waals surface area contributed by atoms with Gasteiger partial charge >= 0.3 is 0 Å². The summed E-state index contributed by atoms with van der Waals surface area (Å²) >= 11 is 0. The van der Waals surface area contributed by atoms with E-state index in [0.717, 1.165) is 25.0 Å². The monoisotopic (exact) mass is 248 g/mol. The van der Waals surface area contributed by atoms with Crippen molar-refractivity contribution >= 4 is 0 Å². The van der Waals surface area contributed by atoms with Crippen LogP contribution in [0.1, 0.15) is 44.2 Å². The van der Waals surface area contributed by atoms with Crippen molar-refractivity contribution in [3.05, 3.63) is 29.3 Å². The molecule has 2 nitrogen and oxygen atoms in total. The topological polar surface area (TPSA) is 29.5 Å². The Morgan fingerprint density at radius 1 is 1.22 bits per heavy atom. The molecule has 2 atom stereocenters. The van der Waals surface area contributed by atoms with Gasteiger partial charge in [-0.3, -0.25) is 0 Å². The molecule has 1 fully saturated rings. The van der Waals surface area contributed by atoms with Gasteiger partial charge < -0.3 is 9.84 Å². The average Bonchev–Trinajstić information content (AvgIpc) is 2.28. The largest absolute Gasteiger partial charge is 0.488 e. The van der Waals surface area contributed by atoms with Gasteiger partial charge in [0.25, 0.3) is 0 Å². The zero-order valence-corrected chi connectivity index (χ0v) is 11.9. The Morgan fingerprint density at radius 3 is 2.61 bits per heavy atom. The number of ether oxygens (including phenoxy) is 1. The highest BCUT2D eigenvalue weighted by molar-refractivity contribution is 5.34. The molecular formula is C16H24O2. The van der Waals surface area contributed by atoms with Crippen LogP contribution < -0.4 is 4.74 Å². The van der Waals surface area contributed by atoms with Crippen LogP contribution in [0.25, 0.3) is 0 Å². The third-order valence-corrected chi connectivity index (χ3v) is 4.07. The Hall–Kier alpha value is -1.02. The van der Waals surface area contributed by atoms with Gasteiger partial charge in [0.2, 0.25) is 0 Å². The van der Waals surface area contributed by atoms with Gasteiger partial charge in [0.15, 0.2) is 0 Å². The van der Waals surface area contributed by atoms with Crippen LogP contribution in [-0.4, -0.2) is 17.3 Å². The molecule has 0 radical (unpaired) electrons. The summed E-state index contributed by atoms with van der Waals surface area (Å²) in [5, 5.41) is 10.1. The molecule has 1 aromatic rings. The number of hydrogen-bond donors (Lipinski definition) is 1. The lowest BCUT2D eigenvalue weighted by atomic mass is 9.75. The second-order valence-electron chi connectivity index (χ2n) is 6.38. The Labute approximate surface area is 110 Å². The molecule has 0 saturated heterocycles. The summed E-state index contributed by atoms with van der Waals surface area (Å²) in [6.07, 6.45) is 2.42. The van der Waals surface area contributed by atoms with Crippen molar-refractivity contribution < 1.29 is 9.84 Å². The van der Waals surface area contributed by atoms with E-state index >= 15 is 0 Å². The van der Waals surface area contributed by atoms with E-state index < -0.39 is 0 Å². The van der Waals surface area contributed by atoms with Crippen LogP contribution in [-0.2, 0) is 0 Å². The van der Waals surface area contributed by atoms with Gasteiger partial charge in [-0.15, -0.1) is 0 Å². The molecule has 1 N–H and O–H groups in total. The van der Waals surface area contributed by atoms with Crippen molar-refractivity contribution in [2.75, 3.05) is 0 Å². The highest BCUT2D eigenvalue weighted by Crippen LogP contribution is 2.37. The Balaban J connectivity index is 2.09. The molecule has 1 aliphatic carbocycles. The predicted octanol–water partition coefficient (Wildman–Crippen LogP) is 3.62. The molecule has 0 amide bonds. The first-order valence-electron chi connectivity index (χ1n) is 6.79. The third kappa shape index (κ3) is 3.05. The second kappa shape index (κ2) is 4.93. The Morgan fingerprint density at radius 2 is 1.94 bits per heavy atom. The number of aryl methyl sites for hydroxylation is 2. The lowest BCUT2D eigenvalue weighted by molar-refractivity contribution is -0.0304. The van der Waals surface area contributed by atoms with Crippen LogP contribution >= 0.6 is 0 Å². The number of aliphatic hydroxyl groups is 1. The maximum absolute atomic E-state index is 10.1. The van der Waals surface area contributed by atoms with E-state index in [2.05, 4.69) is 39.8 Å². The van der Waals surface area contributed by atoms with Crippen molar-refractivity contribution in [1.82, 2.24) is 0 Å². The molecule has 0 aromatic heterocycles. The lowest BCUT2D eigenvalue weighted by Crippen LogP contribution is -2.41. The maximum Gasteiger partial charge on any atom is 0.125 e. The van der Waals surface area contributed by atoms with Crippen LogP contribution in [0.15, 0.2) is 18.2 Å². The first-order chi connectivity index (χ1) is 8.37. The van der Waals surface area contributed by atoms with Gasteiger partial charge in [-0.25, -0.2) is 0 Å². The Kier molecular flexibility index (Phi) is 3.67. The molecular weight excluding hydrogens is 224 g/mol. The minimum absolute atomic E-state index is 0.0733. The molecule has 0 bridgehead atoms. The number of benzene rings is 1. The van der Waals surface area contributed by atoms with E-state index in [1.165, 1.54) is 11.1 Å². The van der Waals surface area contributed by atoms with E-state index in [-0.39, 0.29) is 17.6 Å². The summed E-state index contributed by atoms with van der Waals surface area (Å²) in [6, 6.07) is 6.13. The molecule has 1 aromatic carbocycles. The highest BCUT2D eigenvalue weighted by Gasteiger charge is 2.35. The van der Waals surface area contributed by atoms with E-state index in [9.17, 15) is 5.11 Å². The van der Waals surface area contributed by atoms with Gasteiger partial charge in [0.1, 0.15) is 11.9 Å².